The maximum Gasteiger partial charge on any atom is 0.143 e. The molecule has 1 aliphatic rings. The molecule has 0 saturated heterocycles. The van der Waals surface area contributed by atoms with Crippen LogP contribution in [-0.4, -0.2) is 14.8 Å². The van der Waals surface area contributed by atoms with Crippen LogP contribution in [0.1, 0.15) is 29.7 Å². The largest absolute Gasteiger partial charge is 0.455 e. The van der Waals surface area contributed by atoms with Gasteiger partial charge in [-0.15, -0.1) is 11.3 Å². The summed E-state index contributed by atoms with van der Waals surface area (Å²) in [6, 6.07) is 86.5. The molecule has 1 unspecified atom stereocenters. The van der Waals surface area contributed by atoms with Crippen molar-refractivity contribution < 1.29 is 4.42 Å². The van der Waals surface area contributed by atoms with Crippen molar-refractivity contribution in [2.45, 2.75) is 13.0 Å². The van der Waals surface area contributed by atoms with Crippen molar-refractivity contribution in [3.05, 3.63) is 271 Å². The second-order valence-corrected chi connectivity index (χ2v) is 22.0. The topological polar surface area (TPSA) is 35.4 Å². The highest BCUT2D eigenvalue weighted by molar-refractivity contribution is 7.25. The highest BCUT2D eigenvalue weighted by Crippen LogP contribution is 2.46. The van der Waals surface area contributed by atoms with Gasteiger partial charge in [-0.2, -0.15) is 0 Å². The van der Waals surface area contributed by atoms with Crippen molar-refractivity contribution in [2.75, 3.05) is 0 Å². The van der Waals surface area contributed by atoms with Crippen LogP contribution < -0.4 is 0 Å². The first kappa shape index (κ1) is 43.4. The van der Waals surface area contributed by atoms with Crippen molar-refractivity contribution >= 4 is 141 Å². The Hall–Kier alpha value is -9.81. The van der Waals surface area contributed by atoms with Gasteiger partial charge in [-0.3, -0.25) is 4.99 Å². The van der Waals surface area contributed by atoms with Gasteiger partial charge in [-0.25, -0.2) is 0 Å². The predicted molar refractivity (Wildman–Crippen MR) is 332 cm³/mol. The fourth-order valence-corrected chi connectivity index (χ4v) is 14.2. The summed E-state index contributed by atoms with van der Waals surface area (Å²) in [7, 11) is 0. The number of para-hydroxylation sites is 2. The zero-order valence-corrected chi connectivity index (χ0v) is 43.2. The fraction of sp³-hybridized carbons (Fsp3) is 0.0274. The molecule has 0 spiro atoms. The maximum atomic E-state index is 7.26. The zero-order valence-electron chi connectivity index (χ0n) is 42.4. The normalized spacial score (nSPS) is 14.3. The molecule has 364 valence electrons. The Morgan fingerprint density at radius 1 is 0.436 bits per heavy atom. The Kier molecular flexibility index (Phi) is 9.24. The van der Waals surface area contributed by atoms with E-state index < -0.39 is 0 Å². The number of rotatable bonds is 5. The number of fused-ring (bicyclic) bond motifs is 17. The number of aromatic nitrogens is 2. The standard InChI is InChI=1S/C73H45N3OS/c1-43-52(48-30-36-64-60(38-48)55-23-11-13-25-63(55)75(64)51-19-3-2-4-20-51)34-35-62(74-71(43)49-29-31-57-56-24-12-14-26-68(56)78-69(57)42-49)50-40-66(70-59-33-28-45-16-8-10-22-54(45)73(59)77-67(70)41-50)76-65-39-47-18-6-5-17-46(47)37-61(65)58-32-27-44-15-7-9-21-53(44)72(58)76/h2-42,62H,1H3. The number of hydrogen-bond donors (Lipinski definition) is 0. The summed E-state index contributed by atoms with van der Waals surface area (Å²) in [5, 5.41) is 16.6. The third kappa shape index (κ3) is 6.37. The summed E-state index contributed by atoms with van der Waals surface area (Å²) in [5.41, 5.74) is 15.1. The minimum atomic E-state index is -0.381. The molecule has 5 heteroatoms. The van der Waals surface area contributed by atoms with Gasteiger partial charge < -0.3 is 13.6 Å². The molecule has 16 aromatic rings. The maximum absolute atomic E-state index is 7.26. The first-order valence-electron chi connectivity index (χ1n) is 26.8. The van der Waals surface area contributed by atoms with Crippen LogP contribution in [0.15, 0.2) is 264 Å². The summed E-state index contributed by atoms with van der Waals surface area (Å²) in [6.07, 6.45) is 4.65. The molecular weight excluding hydrogens is 967 g/mol. The minimum absolute atomic E-state index is 0.381. The zero-order chi connectivity index (χ0) is 51.2. The van der Waals surface area contributed by atoms with E-state index in [4.69, 9.17) is 9.41 Å². The van der Waals surface area contributed by atoms with Crippen LogP contribution in [-0.2, 0) is 0 Å². The van der Waals surface area contributed by atoms with E-state index in [-0.39, 0.29) is 6.04 Å². The van der Waals surface area contributed by atoms with Crippen molar-refractivity contribution in [2.24, 2.45) is 4.99 Å². The summed E-state index contributed by atoms with van der Waals surface area (Å²) in [5.74, 6) is 0. The minimum Gasteiger partial charge on any atom is -0.455 e. The summed E-state index contributed by atoms with van der Waals surface area (Å²) in [6.45, 7) is 2.26. The number of nitrogens with zero attached hydrogens (tertiary/aromatic N) is 3. The number of aliphatic imine (C=N–C) groups is 1. The molecular formula is C73H45N3OS. The van der Waals surface area contributed by atoms with Gasteiger partial charge in [0.25, 0.3) is 0 Å². The van der Waals surface area contributed by atoms with E-state index in [1.54, 1.807) is 0 Å². The lowest BCUT2D eigenvalue weighted by Gasteiger charge is -2.17. The van der Waals surface area contributed by atoms with Gasteiger partial charge in [0.1, 0.15) is 11.2 Å². The lowest BCUT2D eigenvalue weighted by Crippen LogP contribution is -2.07. The van der Waals surface area contributed by atoms with Gasteiger partial charge in [0.15, 0.2) is 0 Å². The molecule has 1 atom stereocenters. The van der Waals surface area contributed by atoms with E-state index in [2.05, 4.69) is 265 Å². The van der Waals surface area contributed by atoms with Crippen molar-refractivity contribution in [1.29, 1.82) is 0 Å². The molecule has 0 bridgehead atoms. The lowest BCUT2D eigenvalue weighted by molar-refractivity contribution is 0.671. The second kappa shape index (κ2) is 16.6. The second-order valence-electron chi connectivity index (χ2n) is 21.0. The van der Waals surface area contributed by atoms with Crippen LogP contribution in [0.2, 0.25) is 0 Å². The number of thiophene rings is 1. The molecule has 0 aliphatic carbocycles. The van der Waals surface area contributed by atoms with Gasteiger partial charge in [0.05, 0.1) is 44.9 Å². The number of allylic oxidation sites excluding steroid dienone is 3. The van der Waals surface area contributed by atoms with Gasteiger partial charge >= 0.3 is 0 Å². The van der Waals surface area contributed by atoms with E-state index in [1.165, 1.54) is 79.8 Å². The molecule has 4 nitrogen and oxygen atoms in total. The van der Waals surface area contributed by atoms with Gasteiger partial charge in [0, 0.05) is 69.1 Å². The van der Waals surface area contributed by atoms with Crippen molar-refractivity contribution in [1.82, 2.24) is 9.13 Å². The molecule has 0 fully saturated rings. The highest BCUT2D eigenvalue weighted by atomic mass is 32.1. The average molecular weight is 1010 g/mol. The van der Waals surface area contributed by atoms with E-state index in [0.29, 0.717) is 0 Å². The quantitative estimate of drug-likeness (QED) is 0.169. The summed E-state index contributed by atoms with van der Waals surface area (Å²) in [4.78, 5) is 5.96. The summed E-state index contributed by atoms with van der Waals surface area (Å²) < 4.78 is 14.7. The Bertz CT molecular complexity index is 5350. The van der Waals surface area contributed by atoms with E-state index in [1.807, 2.05) is 11.3 Å². The predicted octanol–water partition coefficient (Wildman–Crippen LogP) is 20.2. The Labute approximate surface area is 451 Å². The molecule has 0 saturated carbocycles. The molecule has 12 aromatic carbocycles. The van der Waals surface area contributed by atoms with Crippen LogP contribution in [0.25, 0.3) is 135 Å². The van der Waals surface area contributed by atoms with Crippen LogP contribution >= 0.6 is 11.3 Å². The van der Waals surface area contributed by atoms with E-state index >= 15 is 0 Å². The van der Waals surface area contributed by atoms with Gasteiger partial charge in [-0.1, -0.05) is 176 Å². The fourth-order valence-electron chi connectivity index (χ4n) is 13.1. The number of benzene rings is 12. The smallest absolute Gasteiger partial charge is 0.143 e. The Morgan fingerprint density at radius 3 is 1.92 bits per heavy atom. The van der Waals surface area contributed by atoms with Gasteiger partial charge in [-0.05, 0) is 124 Å². The molecule has 0 radical (unpaired) electrons. The first-order chi connectivity index (χ1) is 38.6. The molecule has 5 heterocycles. The van der Waals surface area contributed by atoms with Crippen LogP contribution in [0.3, 0.4) is 0 Å². The molecule has 17 rings (SSSR count). The molecule has 1 aliphatic heterocycles. The van der Waals surface area contributed by atoms with Gasteiger partial charge in [0.2, 0.25) is 0 Å². The third-order valence-electron chi connectivity index (χ3n) is 16.7. The average Bonchev–Trinajstić information content (AvgIpc) is 4.43. The van der Waals surface area contributed by atoms with Crippen molar-refractivity contribution in [3.63, 3.8) is 0 Å². The first-order valence-corrected chi connectivity index (χ1v) is 27.6. The van der Waals surface area contributed by atoms with E-state index in [0.717, 1.165) is 83.2 Å². The molecule has 78 heavy (non-hydrogen) atoms. The lowest BCUT2D eigenvalue weighted by atomic mass is 9.93. The highest BCUT2D eigenvalue weighted by Gasteiger charge is 2.26. The number of hydrogen-bond acceptors (Lipinski definition) is 3. The molecule has 4 aromatic heterocycles. The SMILES string of the molecule is CC1=C(c2ccc3c(c2)c2ccccc2n3-c2ccccc2)C=CC(c2cc(-n3c4cc5ccccc5cc4c4ccc5ccccc5c43)c3c(c2)oc2c4ccccc4ccc23)N=C1c1ccc2c(c1)sc1ccccc12. The van der Waals surface area contributed by atoms with Crippen LogP contribution in [0.4, 0.5) is 0 Å². The third-order valence-corrected chi connectivity index (χ3v) is 17.8. The Balaban J connectivity index is 0.943. The molecule has 0 amide bonds. The Morgan fingerprint density at radius 2 is 1.08 bits per heavy atom. The van der Waals surface area contributed by atoms with Crippen molar-refractivity contribution in [3.8, 4) is 11.4 Å². The van der Waals surface area contributed by atoms with E-state index in [9.17, 15) is 0 Å². The van der Waals surface area contributed by atoms with Crippen LogP contribution in [0.5, 0.6) is 0 Å². The van der Waals surface area contributed by atoms with Crippen LogP contribution in [0, 0.1) is 0 Å². The summed E-state index contributed by atoms with van der Waals surface area (Å²) >= 11 is 1.85. The molecule has 0 N–H and O–H groups in total. The monoisotopic (exact) mass is 1010 g/mol. The number of furan rings is 1.